The van der Waals surface area contributed by atoms with Gasteiger partial charge in [-0.3, -0.25) is 4.79 Å². The number of nitrogens with zero attached hydrogens (tertiary/aromatic N) is 2. The summed E-state index contributed by atoms with van der Waals surface area (Å²) >= 11 is 0. The van der Waals surface area contributed by atoms with Crippen molar-refractivity contribution in [2.24, 2.45) is 5.73 Å². The minimum Gasteiger partial charge on any atom is -0.340 e. The van der Waals surface area contributed by atoms with Crippen LogP contribution in [0.25, 0.3) is 0 Å². The molecule has 0 bridgehead atoms. The fourth-order valence-corrected chi connectivity index (χ4v) is 2.71. The van der Waals surface area contributed by atoms with Gasteiger partial charge in [0.25, 0.3) is 5.91 Å². The molecule has 0 atom stereocenters. The number of likely N-dealkylation sites (tertiary alicyclic amines) is 1. The summed E-state index contributed by atoms with van der Waals surface area (Å²) in [5.41, 5.74) is 7.46. The highest BCUT2D eigenvalue weighted by Gasteiger charge is 2.17. The Morgan fingerprint density at radius 3 is 2.70 bits per heavy atom. The van der Waals surface area contributed by atoms with Gasteiger partial charge in [0.2, 0.25) is 0 Å². The molecular weight excluding hydrogens is 250 g/mol. The van der Waals surface area contributed by atoms with Gasteiger partial charge in [0.1, 0.15) is 0 Å². The number of amides is 1. The average molecular weight is 275 g/mol. The topological polar surface area (TPSA) is 49.6 Å². The summed E-state index contributed by atoms with van der Waals surface area (Å²) in [5, 5.41) is 0. The third-order valence-electron chi connectivity index (χ3n) is 3.96. The van der Waals surface area contributed by atoms with Crippen LogP contribution in [0, 0.1) is 0 Å². The van der Waals surface area contributed by atoms with Crippen molar-refractivity contribution in [3.8, 4) is 0 Å². The predicted octanol–water partition coefficient (Wildman–Crippen LogP) is 1.36. The average Bonchev–Trinajstić information content (AvgIpc) is 2.98. The number of likely N-dealkylation sites (N-methyl/N-ethyl adjacent to an activating group) is 1. The van der Waals surface area contributed by atoms with Crippen molar-refractivity contribution in [2.45, 2.75) is 19.3 Å². The number of hydrogen-bond donors (Lipinski definition) is 1. The summed E-state index contributed by atoms with van der Waals surface area (Å²) in [6.07, 6.45) is 3.33. The SMILES string of the molecule is CN(CCN1CCCC1)C(=O)c1ccccc1CCN. The van der Waals surface area contributed by atoms with Crippen molar-refractivity contribution in [2.75, 3.05) is 39.8 Å². The molecule has 0 saturated carbocycles. The lowest BCUT2D eigenvalue weighted by molar-refractivity contribution is 0.0781. The summed E-state index contributed by atoms with van der Waals surface area (Å²) in [5.74, 6) is 0.105. The molecular formula is C16H25N3O. The minimum absolute atomic E-state index is 0.105. The van der Waals surface area contributed by atoms with E-state index in [1.54, 1.807) is 0 Å². The van der Waals surface area contributed by atoms with Crippen LogP contribution in [0.3, 0.4) is 0 Å². The van der Waals surface area contributed by atoms with Gasteiger partial charge in [0, 0.05) is 25.7 Å². The van der Waals surface area contributed by atoms with E-state index in [1.807, 2.05) is 36.2 Å². The van der Waals surface area contributed by atoms with Gasteiger partial charge in [0.05, 0.1) is 0 Å². The zero-order chi connectivity index (χ0) is 14.4. The van der Waals surface area contributed by atoms with Crippen LogP contribution in [0.4, 0.5) is 0 Å². The van der Waals surface area contributed by atoms with Crippen LogP contribution in [0.1, 0.15) is 28.8 Å². The van der Waals surface area contributed by atoms with E-state index in [1.165, 1.54) is 25.9 Å². The number of carbonyl (C=O) groups is 1. The van der Waals surface area contributed by atoms with E-state index in [-0.39, 0.29) is 5.91 Å². The molecule has 1 fully saturated rings. The molecule has 20 heavy (non-hydrogen) atoms. The third-order valence-corrected chi connectivity index (χ3v) is 3.96. The second kappa shape index (κ2) is 7.41. The first kappa shape index (κ1) is 15.0. The van der Waals surface area contributed by atoms with Crippen LogP contribution in [-0.2, 0) is 6.42 Å². The van der Waals surface area contributed by atoms with Crippen LogP contribution < -0.4 is 5.73 Å². The summed E-state index contributed by atoms with van der Waals surface area (Å²) in [6.45, 7) is 4.68. The van der Waals surface area contributed by atoms with Gasteiger partial charge >= 0.3 is 0 Å². The zero-order valence-electron chi connectivity index (χ0n) is 12.3. The van der Waals surface area contributed by atoms with Crippen molar-refractivity contribution >= 4 is 5.91 Å². The van der Waals surface area contributed by atoms with E-state index < -0.39 is 0 Å². The van der Waals surface area contributed by atoms with Gasteiger partial charge in [-0.15, -0.1) is 0 Å². The summed E-state index contributed by atoms with van der Waals surface area (Å²) in [7, 11) is 1.89. The Balaban J connectivity index is 1.95. The van der Waals surface area contributed by atoms with Gasteiger partial charge in [-0.25, -0.2) is 0 Å². The molecule has 1 aliphatic rings. The molecule has 1 amide bonds. The van der Waals surface area contributed by atoms with E-state index in [0.29, 0.717) is 6.54 Å². The van der Waals surface area contributed by atoms with Crippen molar-refractivity contribution in [1.29, 1.82) is 0 Å². The number of carbonyl (C=O) groups excluding carboxylic acids is 1. The molecule has 1 heterocycles. The maximum atomic E-state index is 12.5. The van der Waals surface area contributed by atoms with Crippen LogP contribution in [0.15, 0.2) is 24.3 Å². The molecule has 2 rings (SSSR count). The second-order valence-corrected chi connectivity index (χ2v) is 5.47. The Hall–Kier alpha value is -1.39. The molecule has 4 heteroatoms. The first-order chi connectivity index (χ1) is 9.72. The van der Waals surface area contributed by atoms with Gasteiger partial charge < -0.3 is 15.5 Å². The van der Waals surface area contributed by atoms with Crippen LogP contribution in [0.2, 0.25) is 0 Å². The maximum absolute atomic E-state index is 12.5. The van der Waals surface area contributed by atoms with Crippen LogP contribution in [0.5, 0.6) is 0 Å². The monoisotopic (exact) mass is 275 g/mol. The van der Waals surface area contributed by atoms with Gasteiger partial charge in [-0.1, -0.05) is 18.2 Å². The zero-order valence-corrected chi connectivity index (χ0v) is 12.3. The molecule has 0 radical (unpaired) electrons. The number of hydrogen-bond acceptors (Lipinski definition) is 3. The van der Waals surface area contributed by atoms with Crippen molar-refractivity contribution in [1.82, 2.24) is 9.80 Å². The normalized spacial score (nSPS) is 15.5. The maximum Gasteiger partial charge on any atom is 0.253 e. The van der Waals surface area contributed by atoms with Gasteiger partial charge in [-0.05, 0) is 50.5 Å². The molecule has 1 aliphatic heterocycles. The Bertz CT molecular complexity index is 441. The molecule has 2 N–H and O–H groups in total. The Kier molecular flexibility index (Phi) is 5.56. The van der Waals surface area contributed by atoms with Gasteiger partial charge in [-0.2, -0.15) is 0 Å². The lowest BCUT2D eigenvalue weighted by Crippen LogP contribution is -2.35. The first-order valence-corrected chi connectivity index (χ1v) is 7.48. The van der Waals surface area contributed by atoms with E-state index in [2.05, 4.69) is 4.90 Å². The van der Waals surface area contributed by atoms with Crippen LogP contribution >= 0.6 is 0 Å². The Labute approximate surface area is 121 Å². The molecule has 4 nitrogen and oxygen atoms in total. The third kappa shape index (κ3) is 3.81. The summed E-state index contributed by atoms with van der Waals surface area (Å²) in [6, 6.07) is 7.78. The van der Waals surface area contributed by atoms with E-state index >= 15 is 0 Å². The number of nitrogens with two attached hydrogens (primary N) is 1. The molecule has 0 unspecified atom stereocenters. The van der Waals surface area contributed by atoms with E-state index in [4.69, 9.17) is 5.73 Å². The quantitative estimate of drug-likeness (QED) is 0.853. The molecule has 0 spiro atoms. The minimum atomic E-state index is 0.105. The first-order valence-electron chi connectivity index (χ1n) is 7.48. The van der Waals surface area contributed by atoms with Crippen molar-refractivity contribution in [3.05, 3.63) is 35.4 Å². The lowest BCUT2D eigenvalue weighted by atomic mass is 10.0. The molecule has 110 valence electrons. The summed E-state index contributed by atoms with van der Waals surface area (Å²) < 4.78 is 0. The highest BCUT2D eigenvalue weighted by atomic mass is 16.2. The fraction of sp³-hybridized carbons (Fsp3) is 0.562. The lowest BCUT2D eigenvalue weighted by Gasteiger charge is -2.22. The van der Waals surface area contributed by atoms with Crippen LogP contribution in [-0.4, -0.2) is 55.5 Å². The summed E-state index contributed by atoms with van der Waals surface area (Å²) in [4.78, 5) is 16.8. The number of rotatable bonds is 6. The standard InChI is InChI=1S/C16H25N3O/c1-18(12-13-19-10-4-5-11-19)16(20)15-7-3-2-6-14(15)8-9-17/h2-3,6-7H,4-5,8-13,17H2,1H3. The largest absolute Gasteiger partial charge is 0.340 e. The molecule has 1 aromatic rings. The highest BCUT2D eigenvalue weighted by Crippen LogP contribution is 2.12. The fourth-order valence-electron chi connectivity index (χ4n) is 2.71. The van der Waals surface area contributed by atoms with E-state index in [0.717, 1.165) is 30.6 Å². The highest BCUT2D eigenvalue weighted by molar-refractivity contribution is 5.95. The molecule has 0 aromatic heterocycles. The van der Waals surface area contributed by atoms with Crippen molar-refractivity contribution in [3.63, 3.8) is 0 Å². The van der Waals surface area contributed by atoms with Crippen molar-refractivity contribution < 1.29 is 4.79 Å². The molecule has 1 aromatic carbocycles. The molecule has 0 aliphatic carbocycles. The van der Waals surface area contributed by atoms with E-state index in [9.17, 15) is 4.79 Å². The predicted molar refractivity (Wildman–Crippen MR) is 81.8 cm³/mol. The number of benzene rings is 1. The second-order valence-electron chi connectivity index (χ2n) is 5.47. The van der Waals surface area contributed by atoms with Gasteiger partial charge in [0.15, 0.2) is 0 Å². The smallest absolute Gasteiger partial charge is 0.253 e. The molecule has 1 saturated heterocycles. The Morgan fingerprint density at radius 2 is 2.00 bits per heavy atom. The Morgan fingerprint density at radius 1 is 1.30 bits per heavy atom.